The number of amides is 1. The Morgan fingerprint density at radius 2 is 1.97 bits per heavy atom. The van der Waals surface area contributed by atoms with Gasteiger partial charge in [0.1, 0.15) is 5.82 Å². The number of aromatic nitrogens is 5. The Kier molecular flexibility index (Phi) is 4.87. The molecule has 5 heterocycles. The van der Waals surface area contributed by atoms with Gasteiger partial charge < -0.3 is 25.0 Å². The van der Waals surface area contributed by atoms with Gasteiger partial charge in [-0.2, -0.15) is 0 Å². The van der Waals surface area contributed by atoms with E-state index in [0.29, 0.717) is 41.3 Å². The summed E-state index contributed by atoms with van der Waals surface area (Å²) in [6, 6.07) is 4.99. The van der Waals surface area contributed by atoms with Gasteiger partial charge in [0.25, 0.3) is 0 Å². The van der Waals surface area contributed by atoms with Crippen LogP contribution in [0.2, 0.25) is 0 Å². The molecule has 1 amide bonds. The molecular formula is C23H21FN8O3. The Labute approximate surface area is 198 Å². The summed E-state index contributed by atoms with van der Waals surface area (Å²) in [6.07, 6.45) is 8.02. The number of halogens is 1. The molecule has 35 heavy (non-hydrogen) atoms. The molecule has 2 N–H and O–H groups in total. The summed E-state index contributed by atoms with van der Waals surface area (Å²) in [4.78, 5) is 27.8. The first-order valence-electron chi connectivity index (χ1n) is 11.0. The van der Waals surface area contributed by atoms with E-state index in [2.05, 4.69) is 25.2 Å². The fourth-order valence-corrected chi connectivity index (χ4v) is 4.95. The maximum atomic E-state index is 14.6. The number of hydrogen-bond acceptors (Lipinski definition) is 8. The van der Waals surface area contributed by atoms with E-state index in [4.69, 9.17) is 9.84 Å². The molecule has 12 heteroatoms. The molecule has 11 nitrogen and oxygen atoms in total. The largest absolute Gasteiger partial charge is 0.494 e. The number of carbonyl (C=O) groups is 1. The molecule has 178 valence electrons. The Balaban J connectivity index is 1.40. The van der Waals surface area contributed by atoms with E-state index in [1.54, 1.807) is 41.7 Å². The molecule has 2 aliphatic heterocycles. The lowest BCUT2D eigenvalue weighted by Crippen LogP contribution is -2.48. The first-order chi connectivity index (χ1) is 17.0. The SMILES string of the molecule is COc1cc2c(cc1F)c(Nc1cnccn1)nn2-c1cncc(N2C[C@@H]3C[C@H]2CN3C(=O)O)c1. The van der Waals surface area contributed by atoms with Crippen molar-refractivity contribution in [1.82, 2.24) is 29.6 Å². The van der Waals surface area contributed by atoms with Crippen LogP contribution in [0, 0.1) is 5.82 Å². The number of nitrogens with zero attached hydrogens (tertiary/aromatic N) is 7. The van der Waals surface area contributed by atoms with Crippen molar-refractivity contribution in [3.63, 3.8) is 0 Å². The Bertz CT molecular complexity index is 1430. The predicted molar refractivity (Wildman–Crippen MR) is 125 cm³/mol. The van der Waals surface area contributed by atoms with Gasteiger partial charge in [0.15, 0.2) is 17.4 Å². The first-order valence-corrected chi connectivity index (χ1v) is 11.0. The fourth-order valence-electron chi connectivity index (χ4n) is 4.95. The van der Waals surface area contributed by atoms with Gasteiger partial charge >= 0.3 is 6.09 Å². The lowest BCUT2D eigenvalue weighted by molar-refractivity contribution is 0.137. The molecule has 0 spiro atoms. The lowest BCUT2D eigenvalue weighted by Gasteiger charge is -2.34. The van der Waals surface area contributed by atoms with Crippen molar-refractivity contribution < 1.29 is 19.0 Å². The van der Waals surface area contributed by atoms with Gasteiger partial charge in [-0.25, -0.2) is 18.9 Å². The number of rotatable bonds is 5. The Morgan fingerprint density at radius 1 is 1.11 bits per heavy atom. The number of anilines is 3. The molecule has 2 bridgehead atoms. The zero-order chi connectivity index (χ0) is 24.1. The quantitative estimate of drug-likeness (QED) is 0.448. The number of fused-ring (bicyclic) bond motifs is 3. The van der Waals surface area contributed by atoms with Crippen LogP contribution >= 0.6 is 0 Å². The van der Waals surface area contributed by atoms with Gasteiger partial charge in [0.05, 0.1) is 48.6 Å². The third-order valence-electron chi connectivity index (χ3n) is 6.53. The highest BCUT2D eigenvalue weighted by atomic mass is 19.1. The molecule has 4 aromatic rings. The van der Waals surface area contributed by atoms with Gasteiger partial charge in [-0.15, -0.1) is 5.10 Å². The van der Waals surface area contributed by atoms with Gasteiger partial charge in [-0.3, -0.25) is 9.97 Å². The molecule has 6 rings (SSSR count). The number of methoxy groups -OCH3 is 1. The Morgan fingerprint density at radius 3 is 2.69 bits per heavy atom. The van der Waals surface area contributed by atoms with Crippen LogP contribution in [0.3, 0.4) is 0 Å². The number of carboxylic acid groups (broad SMARTS) is 1. The smallest absolute Gasteiger partial charge is 0.407 e. The van der Waals surface area contributed by atoms with Gasteiger partial charge in [0, 0.05) is 43.0 Å². The second-order valence-corrected chi connectivity index (χ2v) is 8.51. The zero-order valence-corrected chi connectivity index (χ0v) is 18.7. The Hall–Kier alpha value is -4.48. The van der Waals surface area contributed by atoms with Crippen LogP contribution < -0.4 is 15.0 Å². The van der Waals surface area contributed by atoms with Crippen LogP contribution in [-0.2, 0) is 0 Å². The highest BCUT2D eigenvalue weighted by Gasteiger charge is 2.45. The van der Waals surface area contributed by atoms with Crippen molar-refractivity contribution in [1.29, 1.82) is 0 Å². The molecule has 1 aromatic carbocycles. The maximum Gasteiger partial charge on any atom is 0.407 e. The van der Waals surface area contributed by atoms with Crippen molar-refractivity contribution in [3.8, 4) is 11.4 Å². The van der Waals surface area contributed by atoms with Crippen LogP contribution in [0.15, 0.2) is 49.2 Å². The standard InChI is InChI=1S/C23H21FN8O3/c1-35-20-7-19-17(6-18(20)24)22(28-21-10-25-2-3-27-21)29-32(19)14-4-13(8-26-9-14)30-11-16-5-15(30)12-31(16)23(33)34/h2-4,6-10,15-16H,5,11-12H2,1H3,(H,33,34)(H,27,28,29)/t15-,16-/m0/s1. The summed E-state index contributed by atoms with van der Waals surface area (Å²) in [7, 11) is 1.41. The summed E-state index contributed by atoms with van der Waals surface area (Å²) in [5, 5.41) is 17.7. The van der Waals surface area contributed by atoms with E-state index in [1.165, 1.54) is 18.1 Å². The first kappa shape index (κ1) is 21.1. The molecule has 0 saturated carbocycles. The van der Waals surface area contributed by atoms with Gasteiger partial charge in [0.2, 0.25) is 0 Å². The number of ether oxygens (including phenoxy) is 1. The van der Waals surface area contributed by atoms with E-state index in [1.807, 2.05) is 6.07 Å². The van der Waals surface area contributed by atoms with Crippen molar-refractivity contribution in [2.45, 2.75) is 18.5 Å². The third kappa shape index (κ3) is 3.54. The molecule has 2 saturated heterocycles. The predicted octanol–water partition coefficient (Wildman–Crippen LogP) is 3.04. The number of piperazine rings is 1. The minimum atomic E-state index is -0.878. The molecule has 2 atom stereocenters. The molecule has 0 radical (unpaired) electrons. The summed E-state index contributed by atoms with van der Waals surface area (Å²) >= 11 is 0. The van der Waals surface area contributed by atoms with Crippen molar-refractivity contribution in [2.75, 3.05) is 30.4 Å². The van der Waals surface area contributed by atoms with E-state index >= 15 is 0 Å². The highest BCUT2D eigenvalue weighted by molar-refractivity contribution is 5.93. The van der Waals surface area contributed by atoms with Crippen molar-refractivity contribution in [2.24, 2.45) is 0 Å². The average Bonchev–Trinajstić information content (AvgIpc) is 3.58. The summed E-state index contributed by atoms with van der Waals surface area (Å²) in [5.41, 5.74) is 2.17. The number of likely N-dealkylation sites (tertiary alicyclic amines) is 1. The molecule has 0 unspecified atom stereocenters. The van der Waals surface area contributed by atoms with E-state index in [-0.39, 0.29) is 17.8 Å². The summed E-state index contributed by atoms with van der Waals surface area (Å²) in [6.45, 7) is 1.08. The number of benzene rings is 1. The fraction of sp³-hybridized carbons (Fsp3) is 0.261. The van der Waals surface area contributed by atoms with E-state index in [0.717, 1.165) is 12.1 Å². The van der Waals surface area contributed by atoms with Crippen LogP contribution in [0.5, 0.6) is 5.75 Å². The van der Waals surface area contributed by atoms with Crippen LogP contribution in [-0.4, -0.2) is 73.1 Å². The number of pyridine rings is 1. The normalized spacial score (nSPS) is 18.9. The van der Waals surface area contributed by atoms with Crippen molar-refractivity contribution >= 4 is 34.3 Å². The second kappa shape index (κ2) is 8.08. The minimum Gasteiger partial charge on any atom is -0.494 e. The molecule has 0 aliphatic carbocycles. The summed E-state index contributed by atoms with van der Waals surface area (Å²) in [5.74, 6) is 0.465. The van der Waals surface area contributed by atoms with E-state index in [9.17, 15) is 14.3 Å². The molecule has 3 aromatic heterocycles. The summed E-state index contributed by atoms with van der Waals surface area (Å²) < 4.78 is 21.5. The molecule has 2 fully saturated rings. The number of nitrogens with one attached hydrogen (secondary N) is 1. The zero-order valence-electron chi connectivity index (χ0n) is 18.7. The number of hydrogen-bond donors (Lipinski definition) is 2. The van der Waals surface area contributed by atoms with Gasteiger partial charge in [-0.1, -0.05) is 0 Å². The highest BCUT2D eigenvalue weighted by Crippen LogP contribution is 2.36. The minimum absolute atomic E-state index is 0.0262. The van der Waals surface area contributed by atoms with Crippen LogP contribution in [0.4, 0.5) is 26.5 Å². The molecular weight excluding hydrogens is 455 g/mol. The average molecular weight is 476 g/mol. The second-order valence-electron chi connectivity index (χ2n) is 8.51. The van der Waals surface area contributed by atoms with E-state index < -0.39 is 11.9 Å². The monoisotopic (exact) mass is 476 g/mol. The third-order valence-corrected chi connectivity index (χ3v) is 6.53. The van der Waals surface area contributed by atoms with Crippen LogP contribution in [0.25, 0.3) is 16.6 Å². The van der Waals surface area contributed by atoms with Crippen LogP contribution in [0.1, 0.15) is 6.42 Å². The lowest BCUT2D eigenvalue weighted by atomic mass is 10.2. The topological polar surface area (TPSA) is 122 Å². The maximum absolute atomic E-state index is 14.6. The van der Waals surface area contributed by atoms with Gasteiger partial charge in [-0.05, 0) is 18.6 Å². The molecule has 2 aliphatic rings. The van der Waals surface area contributed by atoms with Crippen molar-refractivity contribution in [3.05, 3.63) is 55.0 Å².